The third-order valence-electron chi connectivity index (χ3n) is 6.12. The first-order chi connectivity index (χ1) is 17.3. The maximum Gasteiger partial charge on any atom is 0.293 e. The number of amides is 2. The number of hydrogen-bond donors (Lipinski definition) is 4. The summed E-state index contributed by atoms with van der Waals surface area (Å²) in [5.41, 5.74) is 5.13. The molecule has 8 nitrogen and oxygen atoms in total. The summed E-state index contributed by atoms with van der Waals surface area (Å²) in [4.78, 5) is 26.3. The van der Waals surface area contributed by atoms with Crippen LogP contribution in [0.2, 0.25) is 0 Å². The highest BCUT2D eigenvalue weighted by molar-refractivity contribution is 6.16. The lowest BCUT2D eigenvalue weighted by molar-refractivity contribution is 0.0999. The molecule has 8 heteroatoms. The highest BCUT2D eigenvalue weighted by Crippen LogP contribution is 2.34. The fraction of sp³-hybridized carbons (Fsp3) is 0.107. The molecular weight excluding hydrogens is 456 g/mol. The average molecular weight is 481 g/mol. The molecule has 0 fully saturated rings. The summed E-state index contributed by atoms with van der Waals surface area (Å²) in [6.07, 6.45) is 0. The summed E-state index contributed by atoms with van der Waals surface area (Å²) in [5, 5.41) is 23.7. The summed E-state index contributed by atoms with van der Waals surface area (Å²) < 4.78 is 5.83. The van der Waals surface area contributed by atoms with Crippen molar-refractivity contribution in [1.82, 2.24) is 10.2 Å². The van der Waals surface area contributed by atoms with Crippen LogP contribution >= 0.6 is 0 Å². The molecule has 0 unspecified atom stereocenters. The Labute approximate surface area is 207 Å². The number of nitrogens with zero attached hydrogens (tertiary/aromatic N) is 1. The SMILES string of the molecule is Cc1cccc(NC(=O)c2oc3ccccc3c2NC(=O)c2cc(-c3ccc(C)c(C)c3O)n[nH]2)c1. The van der Waals surface area contributed by atoms with Gasteiger partial charge in [0.15, 0.2) is 0 Å². The number of H-pyrrole nitrogens is 1. The summed E-state index contributed by atoms with van der Waals surface area (Å²) in [6.45, 7) is 5.66. The van der Waals surface area contributed by atoms with Gasteiger partial charge in [0.05, 0.1) is 5.69 Å². The topological polar surface area (TPSA) is 120 Å². The molecule has 0 bridgehead atoms. The van der Waals surface area contributed by atoms with Gasteiger partial charge >= 0.3 is 0 Å². The molecule has 0 radical (unpaired) electrons. The van der Waals surface area contributed by atoms with Crippen molar-refractivity contribution in [3.05, 3.63) is 94.9 Å². The zero-order valence-corrected chi connectivity index (χ0v) is 20.0. The van der Waals surface area contributed by atoms with Crippen molar-refractivity contribution in [3.63, 3.8) is 0 Å². The zero-order valence-electron chi connectivity index (χ0n) is 20.0. The summed E-state index contributed by atoms with van der Waals surface area (Å²) in [6, 6.07) is 19.7. The Bertz CT molecular complexity index is 1630. The van der Waals surface area contributed by atoms with Gasteiger partial charge in [-0.15, -0.1) is 0 Å². The molecule has 36 heavy (non-hydrogen) atoms. The van der Waals surface area contributed by atoms with Crippen molar-refractivity contribution in [2.24, 2.45) is 0 Å². The number of carbonyl (C=O) groups excluding carboxylic acids is 2. The van der Waals surface area contributed by atoms with E-state index in [0.717, 1.165) is 16.7 Å². The van der Waals surface area contributed by atoms with Crippen LogP contribution in [0.25, 0.3) is 22.2 Å². The van der Waals surface area contributed by atoms with E-state index in [2.05, 4.69) is 20.8 Å². The maximum atomic E-state index is 13.2. The molecule has 2 heterocycles. The van der Waals surface area contributed by atoms with Crippen LogP contribution in [0.4, 0.5) is 11.4 Å². The number of para-hydroxylation sites is 1. The van der Waals surface area contributed by atoms with Crippen molar-refractivity contribution in [3.8, 4) is 17.0 Å². The van der Waals surface area contributed by atoms with E-state index in [1.165, 1.54) is 0 Å². The molecule has 2 amide bonds. The predicted octanol–water partition coefficient (Wildman–Crippen LogP) is 5.96. The normalized spacial score (nSPS) is 11.0. The molecule has 0 aliphatic carbocycles. The molecule has 4 N–H and O–H groups in total. The van der Waals surface area contributed by atoms with Gasteiger partial charge in [0.2, 0.25) is 5.76 Å². The largest absolute Gasteiger partial charge is 0.507 e. The number of phenols is 1. The van der Waals surface area contributed by atoms with Crippen LogP contribution in [0.1, 0.15) is 37.7 Å². The number of carbonyl (C=O) groups is 2. The minimum atomic E-state index is -0.506. The molecule has 0 saturated heterocycles. The number of rotatable bonds is 5. The summed E-state index contributed by atoms with van der Waals surface area (Å²) >= 11 is 0. The molecule has 0 atom stereocenters. The Kier molecular flexibility index (Phi) is 5.77. The highest BCUT2D eigenvalue weighted by Gasteiger charge is 2.24. The van der Waals surface area contributed by atoms with E-state index >= 15 is 0 Å². The number of aromatic nitrogens is 2. The van der Waals surface area contributed by atoms with E-state index in [1.807, 2.05) is 45.0 Å². The number of benzene rings is 3. The number of fused-ring (bicyclic) bond motifs is 1. The summed E-state index contributed by atoms with van der Waals surface area (Å²) in [7, 11) is 0. The number of aryl methyl sites for hydroxylation is 2. The minimum absolute atomic E-state index is 0.0161. The van der Waals surface area contributed by atoms with Crippen LogP contribution < -0.4 is 10.6 Å². The molecule has 0 aliphatic heterocycles. The molecular formula is C28H24N4O4. The average Bonchev–Trinajstić information content (AvgIpc) is 3.48. The minimum Gasteiger partial charge on any atom is -0.507 e. The Hall–Kier alpha value is -4.85. The molecule has 180 valence electrons. The quantitative estimate of drug-likeness (QED) is 0.247. The number of nitrogens with one attached hydrogen (secondary N) is 3. The van der Waals surface area contributed by atoms with Crippen LogP contribution in [-0.4, -0.2) is 27.1 Å². The van der Waals surface area contributed by atoms with Crippen molar-refractivity contribution in [2.45, 2.75) is 20.8 Å². The Morgan fingerprint density at radius 1 is 0.917 bits per heavy atom. The van der Waals surface area contributed by atoms with E-state index < -0.39 is 11.8 Å². The van der Waals surface area contributed by atoms with Gasteiger partial charge in [-0.1, -0.05) is 30.3 Å². The van der Waals surface area contributed by atoms with Crippen LogP contribution in [0, 0.1) is 20.8 Å². The lowest BCUT2D eigenvalue weighted by Crippen LogP contribution is -2.17. The molecule has 0 aliphatic rings. The zero-order chi connectivity index (χ0) is 25.4. The van der Waals surface area contributed by atoms with Gasteiger partial charge in [-0.3, -0.25) is 14.7 Å². The van der Waals surface area contributed by atoms with Crippen molar-refractivity contribution in [2.75, 3.05) is 10.6 Å². The van der Waals surface area contributed by atoms with Gasteiger partial charge < -0.3 is 20.2 Å². The Morgan fingerprint density at radius 3 is 2.53 bits per heavy atom. The number of anilines is 2. The second kappa shape index (κ2) is 9.07. The van der Waals surface area contributed by atoms with Gasteiger partial charge in [0, 0.05) is 16.6 Å². The van der Waals surface area contributed by atoms with E-state index in [-0.39, 0.29) is 22.9 Å². The van der Waals surface area contributed by atoms with Crippen molar-refractivity contribution in [1.29, 1.82) is 0 Å². The highest BCUT2D eigenvalue weighted by atomic mass is 16.3. The maximum absolute atomic E-state index is 13.2. The van der Waals surface area contributed by atoms with Gasteiger partial charge in [-0.05, 0) is 73.9 Å². The predicted molar refractivity (Wildman–Crippen MR) is 138 cm³/mol. The third kappa shape index (κ3) is 4.20. The van der Waals surface area contributed by atoms with E-state index in [9.17, 15) is 14.7 Å². The first kappa shape index (κ1) is 22.9. The van der Waals surface area contributed by atoms with Gasteiger partial charge in [-0.2, -0.15) is 5.10 Å². The molecule has 5 rings (SSSR count). The molecule has 3 aromatic carbocycles. The fourth-order valence-electron chi connectivity index (χ4n) is 4.00. The van der Waals surface area contributed by atoms with Crippen molar-refractivity contribution >= 4 is 34.2 Å². The van der Waals surface area contributed by atoms with Crippen LogP contribution in [0.3, 0.4) is 0 Å². The number of aromatic hydroxyl groups is 1. The lowest BCUT2D eigenvalue weighted by atomic mass is 10.0. The lowest BCUT2D eigenvalue weighted by Gasteiger charge is -2.07. The molecule has 2 aromatic heterocycles. The van der Waals surface area contributed by atoms with Crippen LogP contribution in [0.5, 0.6) is 5.75 Å². The standard InChI is InChI=1S/C28H24N4O4/c1-15-7-6-8-18(13-15)29-28(35)26-24(20-9-4-5-10-23(20)36-26)30-27(34)22-14-21(31-32-22)19-12-11-16(2)17(3)25(19)33/h4-14,33H,1-3H3,(H,29,35)(H,30,34)(H,31,32). The van der Waals surface area contributed by atoms with Crippen LogP contribution in [0.15, 0.2) is 71.1 Å². The van der Waals surface area contributed by atoms with E-state index in [0.29, 0.717) is 27.9 Å². The monoisotopic (exact) mass is 480 g/mol. The number of aromatic amines is 1. The number of phenolic OH excluding ortho intramolecular Hbond substituents is 1. The molecule has 0 spiro atoms. The fourth-order valence-corrected chi connectivity index (χ4v) is 4.00. The smallest absolute Gasteiger partial charge is 0.293 e. The second-order valence-corrected chi connectivity index (χ2v) is 8.65. The van der Waals surface area contributed by atoms with Gasteiger partial charge in [-0.25, -0.2) is 0 Å². The second-order valence-electron chi connectivity index (χ2n) is 8.65. The summed E-state index contributed by atoms with van der Waals surface area (Å²) in [5.74, 6) is -0.896. The van der Waals surface area contributed by atoms with E-state index in [4.69, 9.17) is 4.42 Å². The van der Waals surface area contributed by atoms with E-state index in [1.54, 1.807) is 42.5 Å². The number of hydrogen-bond acceptors (Lipinski definition) is 5. The third-order valence-corrected chi connectivity index (χ3v) is 6.12. The van der Waals surface area contributed by atoms with Crippen LogP contribution in [-0.2, 0) is 0 Å². The molecule has 0 saturated carbocycles. The Morgan fingerprint density at radius 2 is 1.72 bits per heavy atom. The first-order valence-electron chi connectivity index (χ1n) is 11.4. The Balaban J connectivity index is 1.46. The van der Waals surface area contributed by atoms with Gasteiger partial charge in [0.1, 0.15) is 22.7 Å². The first-order valence-corrected chi connectivity index (χ1v) is 11.4. The van der Waals surface area contributed by atoms with Crippen molar-refractivity contribution < 1.29 is 19.1 Å². The van der Waals surface area contributed by atoms with Gasteiger partial charge in [0.25, 0.3) is 11.8 Å². The molecule has 5 aromatic rings. The number of furan rings is 1.